The fourth-order valence-corrected chi connectivity index (χ4v) is 1.09. The summed E-state index contributed by atoms with van der Waals surface area (Å²) in [5.41, 5.74) is 0.450. The third-order valence-corrected chi connectivity index (χ3v) is 1.65. The number of hydrogen-bond acceptors (Lipinski definition) is 3. The van der Waals surface area contributed by atoms with Gasteiger partial charge in [-0.15, -0.1) is 0 Å². The molecule has 1 heterocycles. The van der Waals surface area contributed by atoms with Crippen LogP contribution in [0.3, 0.4) is 0 Å². The third-order valence-electron chi connectivity index (χ3n) is 1.22. The van der Waals surface area contributed by atoms with Gasteiger partial charge in [0.25, 0.3) is 0 Å². The van der Waals surface area contributed by atoms with Gasteiger partial charge in [0.1, 0.15) is 11.6 Å². The van der Waals surface area contributed by atoms with E-state index < -0.39 is 0 Å². The predicted molar refractivity (Wildman–Crippen MR) is 47.8 cm³/mol. The van der Waals surface area contributed by atoms with Gasteiger partial charge in [-0.2, -0.15) is 5.26 Å². The Morgan fingerprint density at radius 1 is 1.75 bits per heavy atom. The van der Waals surface area contributed by atoms with E-state index in [0.29, 0.717) is 18.1 Å². The van der Waals surface area contributed by atoms with Gasteiger partial charge in [-0.1, -0.05) is 0 Å². The van der Waals surface area contributed by atoms with Crippen LogP contribution in [-0.2, 0) is 0 Å². The molecular weight excluding hydrogens is 220 g/mol. The topological polar surface area (TPSA) is 45.9 Å². The molecule has 0 aliphatic rings. The Morgan fingerprint density at radius 2 is 2.50 bits per heavy atom. The molecular formula is C8H7BrN2O. The van der Waals surface area contributed by atoms with E-state index in [2.05, 4.69) is 20.9 Å². The monoisotopic (exact) mass is 226 g/mol. The van der Waals surface area contributed by atoms with E-state index in [4.69, 9.17) is 10.00 Å². The van der Waals surface area contributed by atoms with Gasteiger partial charge in [-0.3, -0.25) is 0 Å². The molecule has 0 bridgehead atoms. The Bertz CT molecular complexity index is 319. The van der Waals surface area contributed by atoms with Crippen molar-refractivity contribution in [3.05, 3.63) is 22.3 Å². The Morgan fingerprint density at radius 3 is 3.08 bits per heavy atom. The Balaban J connectivity index is 3.05. The van der Waals surface area contributed by atoms with Gasteiger partial charge in [-0.05, 0) is 28.9 Å². The Hall–Kier alpha value is -1.08. The summed E-state index contributed by atoms with van der Waals surface area (Å²) in [4.78, 5) is 3.95. The molecule has 1 aromatic heterocycles. The minimum atomic E-state index is 0.392. The number of nitrogens with zero attached hydrogens (tertiary/aromatic N) is 2. The Kier molecular flexibility index (Phi) is 3.06. The highest BCUT2D eigenvalue weighted by atomic mass is 79.9. The molecule has 1 aromatic rings. The molecule has 1 rings (SSSR count). The summed E-state index contributed by atoms with van der Waals surface area (Å²) >= 11 is 3.22. The predicted octanol–water partition coefficient (Wildman–Crippen LogP) is 2.11. The van der Waals surface area contributed by atoms with E-state index in [-0.39, 0.29) is 0 Å². The summed E-state index contributed by atoms with van der Waals surface area (Å²) in [5, 5.41) is 8.68. The quantitative estimate of drug-likeness (QED) is 0.777. The van der Waals surface area contributed by atoms with E-state index in [1.165, 1.54) is 0 Å². The van der Waals surface area contributed by atoms with E-state index in [1.54, 1.807) is 12.3 Å². The van der Waals surface area contributed by atoms with Crippen LogP contribution in [0.2, 0.25) is 0 Å². The van der Waals surface area contributed by atoms with E-state index in [1.807, 2.05) is 13.0 Å². The highest BCUT2D eigenvalue weighted by molar-refractivity contribution is 9.10. The van der Waals surface area contributed by atoms with Crippen molar-refractivity contribution in [1.82, 2.24) is 4.98 Å². The molecule has 0 aliphatic carbocycles. The number of hydrogen-bond donors (Lipinski definition) is 0. The molecule has 0 N–H and O–H groups in total. The second kappa shape index (κ2) is 4.07. The summed E-state index contributed by atoms with van der Waals surface area (Å²) in [5.74, 6) is 0.392. The van der Waals surface area contributed by atoms with E-state index in [0.717, 1.165) is 4.47 Å². The summed E-state index contributed by atoms with van der Waals surface area (Å²) in [7, 11) is 0. The van der Waals surface area contributed by atoms with Crippen molar-refractivity contribution in [3.8, 4) is 11.9 Å². The molecule has 0 amide bonds. The van der Waals surface area contributed by atoms with Crippen molar-refractivity contribution < 1.29 is 4.74 Å². The molecule has 0 saturated heterocycles. The SMILES string of the molecule is CCOc1ncc(Br)cc1C#N. The van der Waals surface area contributed by atoms with Gasteiger partial charge in [-0.25, -0.2) is 4.98 Å². The van der Waals surface area contributed by atoms with Crippen LogP contribution < -0.4 is 4.74 Å². The number of ether oxygens (including phenoxy) is 1. The van der Waals surface area contributed by atoms with Crippen LogP contribution in [-0.4, -0.2) is 11.6 Å². The lowest BCUT2D eigenvalue weighted by molar-refractivity contribution is 0.325. The van der Waals surface area contributed by atoms with E-state index >= 15 is 0 Å². The lowest BCUT2D eigenvalue weighted by atomic mass is 10.3. The minimum Gasteiger partial charge on any atom is -0.477 e. The lowest BCUT2D eigenvalue weighted by Crippen LogP contribution is -1.96. The number of halogens is 1. The zero-order valence-corrected chi connectivity index (χ0v) is 8.13. The van der Waals surface area contributed by atoms with Gasteiger partial charge in [0.05, 0.1) is 6.61 Å². The normalized spacial score (nSPS) is 9.08. The molecule has 0 aromatic carbocycles. The number of aromatic nitrogens is 1. The van der Waals surface area contributed by atoms with Gasteiger partial charge in [0, 0.05) is 10.7 Å². The molecule has 4 heteroatoms. The molecule has 0 radical (unpaired) electrons. The van der Waals surface area contributed by atoms with Gasteiger partial charge in [0.15, 0.2) is 0 Å². The highest BCUT2D eigenvalue weighted by Gasteiger charge is 2.03. The molecule has 0 spiro atoms. The number of rotatable bonds is 2. The molecule has 0 saturated carbocycles. The second-order valence-electron chi connectivity index (χ2n) is 2.05. The summed E-state index contributed by atoms with van der Waals surface area (Å²) in [6.45, 7) is 2.37. The lowest BCUT2D eigenvalue weighted by Gasteiger charge is -2.02. The van der Waals surface area contributed by atoms with Crippen molar-refractivity contribution in [2.75, 3.05) is 6.61 Å². The molecule has 12 heavy (non-hydrogen) atoms. The first-order valence-electron chi connectivity index (χ1n) is 3.46. The highest BCUT2D eigenvalue weighted by Crippen LogP contribution is 2.18. The van der Waals surface area contributed by atoms with Crippen LogP contribution in [0.4, 0.5) is 0 Å². The summed E-state index contributed by atoms with van der Waals surface area (Å²) in [6, 6.07) is 3.68. The number of nitriles is 1. The molecule has 3 nitrogen and oxygen atoms in total. The molecule has 0 aliphatic heterocycles. The molecule has 62 valence electrons. The molecule has 0 fully saturated rings. The Labute approximate surface area is 79.1 Å². The zero-order chi connectivity index (χ0) is 8.97. The maximum absolute atomic E-state index is 8.68. The minimum absolute atomic E-state index is 0.392. The fourth-order valence-electron chi connectivity index (χ4n) is 0.759. The maximum atomic E-state index is 8.68. The average molecular weight is 227 g/mol. The van der Waals surface area contributed by atoms with Crippen LogP contribution in [0.1, 0.15) is 12.5 Å². The van der Waals surface area contributed by atoms with Crippen LogP contribution in [0.5, 0.6) is 5.88 Å². The van der Waals surface area contributed by atoms with Gasteiger partial charge < -0.3 is 4.74 Å². The van der Waals surface area contributed by atoms with Crippen molar-refractivity contribution in [2.24, 2.45) is 0 Å². The van der Waals surface area contributed by atoms with Gasteiger partial charge in [0.2, 0.25) is 5.88 Å². The first-order chi connectivity index (χ1) is 5.77. The first kappa shape index (κ1) is 9.01. The average Bonchev–Trinajstić information content (AvgIpc) is 2.08. The smallest absolute Gasteiger partial charge is 0.231 e. The third kappa shape index (κ3) is 1.95. The van der Waals surface area contributed by atoms with E-state index in [9.17, 15) is 0 Å². The van der Waals surface area contributed by atoms with Crippen molar-refractivity contribution in [3.63, 3.8) is 0 Å². The summed E-state index contributed by atoms with van der Waals surface area (Å²) in [6.07, 6.45) is 1.60. The van der Waals surface area contributed by atoms with Crippen molar-refractivity contribution in [2.45, 2.75) is 6.92 Å². The largest absolute Gasteiger partial charge is 0.477 e. The van der Waals surface area contributed by atoms with Crippen LogP contribution in [0.15, 0.2) is 16.7 Å². The molecule has 0 unspecified atom stereocenters. The fraction of sp³-hybridized carbons (Fsp3) is 0.250. The standard InChI is InChI=1S/C8H7BrN2O/c1-2-12-8-6(4-10)3-7(9)5-11-8/h3,5H,2H2,1H3. The summed E-state index contributed by atoms with van der Waals surface area (Å²) < 4.78 is 5.91. The van der Waals surface area contributed by atoms with Crippen molar-refractivity contribution in [1.29, 1.82) is 5.26 Å². The molecule has 0 atom stereocenters. The second-order valence-corrected chi connectivity index (χ2v) is 2.97. The van der Waals surface area contributed by atoms with Crippen molar-refractivity contribution >= 4 is 15.9 Å². The number of pyridine rings is 1. The van der Waals surface area contributed by atoms with Crippen LogP contribution in [0.25, 0.3) is 0 Å². The van der Waals surface area contributed by atoms with Gasteiger partial charge >= 0.3 is 0 Å². The maximum Gasteiger partial charge on any atom is 0.231 e. The van der Waals surface area contributed by atoms with Crippen LogP contribution >= 0.6 is 15.9 Å². The van der Waals surface area contributed by atoms with Crippen LogP contribution in [0, 0.1) is 11.3 Å². The zero-order valence-electron chi connectivity index (χ0n) is 6.54. The first-order valence-corrected chi connectivity index (χ1v) is 4.25.